The number of hydrogen-bond donors (Lipinski definition) is 0. The lowest BCUT2D eigenvalue weighted by molar-refractivity contribution is 1.37. The Kier molecular flexibility index (Phi) is 6.34. The summed E-state index contributed by atoms with van der Waals surface area (Å²) < 4.78 is 0.796. The third-order valence-corrected chi connectivity index (χ3v) is 3.22. The lowest BCUT2D eigenvalue weighted by Gasteiger charge is -2.05. The van der Waals surface area contributed by atoms with Crippen molar-refractivity contribution < 1.29 is 0 Å². The number of rotatable bonds is 4. The normalized spacial score (nSPS) is 10.5. The Labute approximate surface area is 60.8 Å². The Morgan fingerprint density at radius 2 is 1.50 bits per heavy atom. The van der Waals surface area contributed by atoms with Gasteiger partial charge in [-0.3, -0.25) is 0 Å². The molecule has 0 nitrogen and oxygen atoms in total. The molecular formula is C6H14S2. The van der Waals surface area contributed by atoms with E-state index in [-0.39, 0.29) is 0 Å². The van der Waals surface area contributed by atoms with Gasteiger partial charge in [0, 0.05) is 4.58 Å². The first-order valence-corrected chi connectivity index (χ1v) is 5.14. The molecule has 2 heteroatoms. The molecule has 0 fully saturated rings. The molecule has 0 heterocycles. The highest BCUT2D eigenvalue weighted by atomic mass is 32.2. The van der Waals surface area contributed by atoms with Gasteiger partial charge in [-0.25, -0.2) is 0 Å². The zero-order valence-electron chi connectivity index (χ0n) is 5.81. The molecule has 0 aliphatic heterocycles. The van der Waals surface area contributed by atoms with Crippen molar-refractivity contribution in [2.24, 2.45) is 0 Å². The van der Waals surface area contributed by atoms with Crippen LogP contribution in [0.3, 0.4) is 0 Å². The van der Waals surface area contributed by atoms with E-state index in [1.165, 1.54) is 11.5 Å². The highest BCUT2D eigenvalue weighted by Crippen LogP contribution is 2.21. The van der Waals surface area contributed by atoms with Crippen LogP contribution in [0, 0.1) is 0 Å². The highest BCUT2D eigenvalue weighted by Gasteiger charge is 1.96. The third kappa shape index (κ3) is 4.85. The van der Waals surface area contributed by atoms with Crippen molar-refractivity contribution in [3.63, 3.8) is 0 Å². The van der Waals surface area contributed by atoms with Gasteiger partial charge in [0.2, 0.25) is 0 Å². The Hall–Kier alpha value is 0.700. The van der Waals surface area contributed by atoms with Gasteiger partial charge in [0.25, 0.3) is 0 Å². The van der Waals surface area contributed by atoms with E-state index in [0.717, 1.165) is 4.58 Å². The van der Waals surface area contributed by atoms with Gasteiger partial charge >= 0.3 is 0 Å². The van der Waals surface area contributed by atoms with Crippen LogP contribution in [-0.4, -0.2) is 16.1 Å². The largest absolute Gasteiger partial charge is 0.148 e. The molecule has 0 rings (SSSR count). The van der Waals surface area contributed by atoms with Crippen LogP contribution in [-0.2, 0) is 0 Å². The summed E-state index contributed by atoms with van der Waals surface area (Å²) in [7, 11) is 0. The van der Waals surface area contributed by atoms with Crippen molar-refractivity contribution >= 4 is 23.5 Å². The second-order valence-corrected chi connectivity index (χ2v) is 5.01. The van der Waals surface area contributed by atoms with Crippen LogP contribution in [0.2, 0.25) is 0 Å². The van der Waals surface area contributed by atoms with Crippen LogP contribution in [0.5, 0.6) is 0 Å². The number of thioether (sulfide) groups is 2. The molecule has 0 amide bonds. The quantitative estimate of drug-likeness (QED) is 0.565. The van der Waals surface area contributed by atoms with Gasteiger partial charge in [-0.2, -0.15) is 0 Å². The van der Waals surface area contributed by atoms with Gasteiger partial charge in [-0.15, -0.1) is 23.5 Å². The molecule has 0 saturated carbocycles. The SMILES string of the molecule is CCSC(C)SCC. The van der Waals surface area contributed by atoms with Crippen LogP contribution < -0.4 is 0 Å². The van der Waals surface area contributed by atoms with E-state index >= 15 is 0 Å². The Bertz CT molecular complexity index is 39.8. The summed E-state index contributed by atoms with van der Waals surface area (Å²) in [6.07, 6.45) is 0. The first-order valence-electron chi connectivity index (χ1n) is 3.04. The van der Waals surface area contributed by atoms with E-state index in [0.29, 0.717) is 0 Å². The first-order chi connectivity index (χ1) is 3.81. The number of hydrogen-bond acceptors (Lipinski definition) is 2. The zero-order valence-corrected chi connectivity index (χ0v) is 7.44. The topological polar surface area (TPSA) is 0 Å². The summed E-state index contributed by atoms with van der Waals surface area (Å²) >= 11 is 4.04. The fourth-order valence-corrected chi connectivity index (χ4v) is 2.66. The Balaban J connectivity index is 2.92. The maximum atomic E-state index is 2.27. The molecule has 8 heavy (non-hydrogen) atoms. The third-order valence-electron chi connectivity index (χ3n) is 0.803. The lowest BCUT2D eigenvalue weighted by Crippen LogP contribution is -1.88. The Morgan fingerprint density at radius 3 is 1.75 bits per heavy atom. The maximum absolute atomic E-state index is 2.27. The molecule has 0 aromatic rings. The van der Waals surface area contributed by atoms with E-state index in [9.17, 15) is 0 Å². The molecule has 50 valence electrons. The summed E-state index contributed by atoms with van der Waals surface area (Å²) in [6.45, 7) is 6.68. The van der Waals surface area contributed by atoms with E-state index in [4.69, 9.17) is 0 Å². The Morgan fingerprint density at radius 1 is 1.12 bits per heavy atom. The molecule has 0 atom stereocenters. The van der Waals surface area contributed by atoms with Crippen LogP contribution in [0.4, 0.5) is 0 Å². The minimum absolute atomic E-state index is 0.796. The fourth-order valence-electron chi connectivity index (χ4n) is 0.518. The van der Waals surface area contributed by atoms with Crippen molar-refractivity contribution in [2.45, 2.75) is 25.4 Å². The second-order valence-electron chi connectivity index (χ2n) is 1.48. The molecule has 0 aromatic carbocycles. The van der Waals surface area contributed by atoms with Gasteiger partial charge in [0.15, 0.2) is 0 Å². The predicted octanol–water partition coefficient (Wildman–Crippen LogP) is 2.84. The summed E-state index contributed by atoms with van der Waals surface area (Å²) in [5.41, 5.74) is 0. The molecule has 0 bridgehead atoms. The van der Waals surface area contributed by atoms with Crippen molar-refractivity contribution in [1.29, 1.82) is 0 Å². The summed E-state index contributed by atoms with van der Waals surface area (Å²) in [5, 5.41) is 0. The van der Waals surface area contributed by atoms with Gasteiger partial charge in [-0.1, -0.05) is 13.8 Å². The van der Waals surface area contributed by atoms with Gasteiger partial charge in [-0.05, 0) is 18.4 Å². The molecule has 0 aliphatic carbocycles. The fraction of sp³-hybridized carbons (Fsp3) is 1.00. The van der Waals surface area contributed by atoms with Crippen molar-refractivity contribution in [1.82, 2.24) is 0 Å². The summed E-state index contributed by atoms with van der Waals surface area (Å²) in [4.78, 5) is 0. The molecule has 0 aromatic heterocycles. The van der Waals surface area contributed by atoms with E-state index in [1.807, 2.05) is 23.5 Å². The standard InChI is InChI=1S/C6H14S2/c1-4-7-6(3)8-5-2/h6H,4-5H2,1-3H3. The van der Waals surface area contributed by atoms with Crippen molar-refractivity contribution in [2.75, 3.05) is 11.5 Å². The zero-order chi connectivity index (χ0) is 6.41. The monoisotopic (exact) mass is 150 g/mol. The van der Waals surface area contributed by atoms with E-state index in [2.05, 4.69) is 20.8 Å². The van der Waals surface area contributed by atoms with Gasteiger partial charge < -0.3 is 0 Å². The van der Waals surface area contributed by atoms with Crippen LogP contribution in [0.1, 0.15) is 20.8 Å². The lowest BCUT2D eigenvalue weighted by atomic mass is 10.9. The summed E-state index contributed by atoms with van der Waals surface area (Å²) in [5.74, 6) is 2.49. The minimum atomic E-state index is 0.796. The first kappa shape index (κ1) is 8.70. The van der Waals surface area contributed by atoms with Crippen molar-refractivity contribution in [3.8, 4) is 0 Å². The maximum Gasteiger partial charge on any atom is 0.0474 e. The van der Waals surface area contributed by atoms with Crippen molar-refractivity contribution in [3.05, 3.63) is 0 Å². The molecule has 0 N–H and O–H groups in total. The average Bonchev–Trinajstić information content (AvgIpc) is 1.68. The predicted molar refractivity (Wildman–Crippen MR) is 45.7 cm³/mol. The molecule has 0 aliphatic rings. The van der Waals surface area contributed by atoms with Crippen LogP contribution in [0.25, 0.3) is 0 Å². The molecule has 0 saturated heterocycles. The molecular weight excluding hydrogens is 136 g/mol. The van der Waals surface area contributed by atoms with Crippen LogP contribution >= 0.6 is 23.5 Å². The smallest absolute Gasteiger partial charge is 0.0474 e. The van der Waals surface area contributed by atoms with E-state index < -0.39 is 0 Å². The van der Waals surface area contributed by atoms with E-state index in [1.54, 1.807) is 0 Å². The molecule has 0 unspecified atom stereocenters. The van der Waals surface area contributed by atoms with Gasteiger partial charge in [0.1, 0.15) is 0 Å². The second kappa shape index (κ2) is 5.83. The van der Waals surface area contributed by atoms with Crippen LogP contribution in [0.15, 0.2) is 0 Å². The summed E-state index contributed by atoms with van der Waals surface area (Å²) in [6, 6.07) is 0. The average molecular weight is 150 g/mol. The molecule has 0 spiro atoms. The molecule has 0 radical (unpaired) electrons. The highest BCUT2D eigenvalue weighted by molar-refractivity contribution is 8.16. The minimum Gasteiger partial charge on any atom is -0.148 e. The van der Waals surface area contributed by atoms with Gasteiger partial charge in [0.05, 0.1) is 0 Å².